The summed E-state index contributed by atoms with van der Waals surface area (Å²) in [4.78, 5) is 29.5. The second-order valence-corrected chi connectivity index (χ2v) is 6.33. The van der Waals surface area contributed by atoms with Crippen LogP contribution in [0.15, 0.2) is 67.5 Å². The molecule has 9 heteroatoms. The fraction of sp³-hybridized carbons (Fsp3) is 0.143. The smallest absolute Gasteiger partial charge is 0.254 e. The van der Waals surface area contributed by atoms with Crippen LogP contribution in [-0.2, 0) is 0 Å². The number of nitrogens with zero attached hydrogens (tertiary/aromatic N) is 6. The fourth-order valence-corrected chi connectivity index (χ4v) is 2.82. The minimum Gasteiger partial charge on any atom is -0.490 e. The molecule has 0 radical (unpaired) electrons. The number of pyridine rings is 2. The number of rotatable bonds is 7. The molecular weight excluding hydrogens is 382 g/mol. The zero-order chi connectivity index (χ0) is 20.8. The first-order chi connectivity index (χ1) is 14.7. The van der Waals surface area contributed by atoms with Crippen molar-refractivity contribution in [1.82, 2.24) is 35.0 Å². The van der Waals surface area contributed by atoms with Gasteiger partial charge in [-0.1, -0.05) is 0 Å². The van der Waals surface area contributed by atoms with Crippen molar-refractivity contribution in [3.05, 3.63) is 78.8 Å². The molecule has 0 aliphatic carbocycles. The van der Waals surface area contributed by atoms with Crippen molar-refractivity contribution in [2.45, 2.75) is 6.92 Å². The molecule has 4 aromatic heterocycles. The van der Waals surface area contributed by atoms with Crippen LogP contribution in [0, 0.1) is 6.92 Å². The zero-order valence-electron chi connectivity index (χ0n) is 16.3. The average molecular weight is 401 g/mol. The molecule has 1 amide bonds. The number of carbonyl (C=O) groups excluding carboxylic acids is 1. The maximum Gasteiger partial charge on any atom is 0.254 e. The summed E-state index contributed by atoms with van der Waals surface area (Å²) in [5.74, 6) is 0.797. The molecule has 0 saturated carbocycles. The first-order valence-electron chi connectivity index (χ1n) is 9.32. The predicted octanol–water partition coefficient (Wildman–Crippen LogP) is 2.24. The van der Waals surface area contributed by atoms with Crippen molar-refractivity contribution in [2.75, 3.05) is 13.2 Å². The molecule has 0 aliphatic heterocycles. The summed E-state index contributed by atoms with van der Waals surface area (Å²) < 4.78 is 7.07. The van der Waals surface area contributed by atoms with Crippen LogP contribution >= 0.6 is 0 Å². The Morgan fingerprint density at radius 3 is 2.67 bits per heavy atom. The summed E-state index contributed by atoms with van der Waals surface area (Å²) in [5.41, 5.74) is 2.69. The van der Waals surface area contributed by atoms with Crippen molar-refractivity contribution in [3.8, 4) is 23.0 Å². The van der Waals surface area contributed by atoms with Gasteiger partial charge in [-0.15, -0.1) is 0 Å². The normalized spacial score (nSPS) is 10.6. The summed E-state index contributed by atoms with van der Waals surface area (Å²) in [6.45, 7) is 2.49. The Kier molecular flexibility index (Phi) is 5.70. The van der Waals surface area contributed by atoms with Gasteiger partial charge in [0.15, 0.2) is 0 Å². The van der Waals surface area contributed by atoms with Gasteiger partial charge in [0.1, 0.15) is 12.4 Å². The second kappa shape index (κ2) is 8.91. The highest BCUT2D eigenvalue weighted by Gasteiger charge is 2.16. The van der Waals surface area contributed by atoms with E-state index in [9.17, 15) is 4.79 Å². The van der Waals surface area contributed by atoms with E-state index >= 15 is 0 Å². The number of hydrogen-bond acceptors (Lipinski definition) is 7. The van der Waals surface area contributed by atoms with Crippen LogP contribution in [0.2, 0.25) is 0 Å². The summed E-state index contributed by atoms with van der Waals surface area (Å²) in [5, 5.41) is 7.12. The van der Waals surface area contributed by atoms with E-state index < -0.39 is 0 Å². The Morgan fingerprint density at radius 2 is 1.90 bits per heavy atom. The Bertz CT molecular complexity index is 1130. The number of hydrogen-bond donors (Lipinski definition) is 1. The lowest BCUT2D eigenvalue weighted by atomic mass is 10.2. The first-order valence-corrected chi connectivity index (χ1v) is 9.32. The van der Waals surface area contributed by atoms with Gasteiger partial charge < -0.3 is 10.1 Å². The topological polar surface area (TPSA) is 108 Å². The third-order valence-corrected chi connectivity index (χ3v) is 4.33. The molecule has 0 unspecified atom stereocenters. The van der Waals surface area contributed by atoms with Gasteiger partial charge in [-0.25, -0.2) is 14.6 Å². The molecule has 0 bridgehead atoms. The van der Waals surface area contributed by atoms with Crippen LogP contribution in [0.3, 0.4) is 0 Å². The van der Waals surface area contributed by atoms with E-state index in [-0.39, 0.29) is 5.91 Å². The van der Waals surface area contributed by atoms with Gasteiger partial charge >= 0.3 is 0 Å². The highest BCUT2D eigenvalue weighted by atomic mass is 16.5. The van der Waals surface area contributed by atoms with Crippen LogP contribution in [0.25, 0.3) is 17.2 Å². The minimum atomic E-state index is -0.239. The Hall–Kier alpha value is -4.14. The molecule has 4 aromatic rings. The van der Waals surface area contributed by atoms with Crippen molar-refractivity contribution < 1.29 is 9.53 Å². The van der Waals surface area contributed by atoms with Crippen molar-refractivity contribution >= 4 is 5.91 Å². The SMILES string of the molecule is Cc1c(C(=O)NCCOc2cccnc2)cnn1-c1nccc(-c2cccnc2)n1. The van der Waals surface area contributed by atoms with Crippen LogP contribution in [0.1, 0.15) is 16.1 Å². The first kappa shape index (κ1) is 19.2. The van der Waals surface area contributed by atoms with E-state index in [0.29, 0.717) is 36.1 Å². The molecule has 0 spiro atoms. The van der Waals surface area contributed by atoms with Crippen molar-refractivity contribution in [2.24, 2.45) is 0 Å². The van der Waals surface area contributed by atoms with E-state index in [4.69, 9.17) is 4.74 Å². The molecule has 0 aromatic carbocycles. The highest BCUT2D eigenvalue weighted by molar-refractivity contribution is 5.95. The maximum absolute atomic E-state index is 12.5. The van der Waals surface area contributed by atoms with E-state index in [2.05, 4.69) is 30.4 Å². The number of ether oxygens (including phenoxy) is 1. The molecule has 0 atom stereocenters. The molecule has 4 heterocycles. The molecule has 150 valence electrons. The quantitative estimate of drug-likeness (QED) is 0.473. The summed E-state index contributed by atoms with van der Waals surface area (Å²) in [6.07, 6.45) is 9.89. The number of carbonyl (C=O) groups is 1. The molecule has 9 nitrogen and oxygen atoms in total. The lowest BCUT2D eigenvalue weighted by molar-refractivity contribution is 0.0946. The van der Waals surface area contributed by atoms with Gasteiger partial charge in [0, 0.05) is 30.4 Å². The van der Waals surface area contributed by atoms with E-state index in [1.54, 1.807) is 54.7 Å². The monoisotopic (exact) mass is 401 g/mol. The van der Waals surface area contributed by atoms with Gasteiger partial charge in [-0.2, -0.15) is 5.10 Å². The van der Waals surface area contributed by atoms with E-state index in [1.807, 2.05) is 18.2 Å². The minimum absolute atomic E-state index is 0.239. The fourth-order valence-electron chi connectivity index (χ4n) is 2.82. The number of amides is 1. The molecule has 0 fully saturated rings. The van der Waals surface area contributed by atoms with Crippen LogP contribution in [-0.4, -0.2) is 48.8 Å². The van der Waals surface area contributed by atoms with Gasteiger partial charge in [0.2, 0.25) is 0 Å². The lowest BCUT2D eigenvalue weighted by Gasteiger charge is -2.08. The van der Waals surface area contributed by atoms with Crippen molar-refractivity contribution in [3.63, 3.8) is 0 Å². The Morgan fingerprint density at radius 1 is 1.07 bits per heavy atom. The van der Waals surface area contributed by atoms with Gasteiger partial charge in [0.05, 0.1) is 35.9 Å². The summed E-state index contributed by atoms with van der Waals surface area (Å²) in [7, 11) is 0. The molecule has 1 N–H and O–H groups in total. The predicted molar refractivity (Wildman–Crippen MR) is 109 cm³/mol. The third kappa shape index (κ3) is 4.30. The molecule has 0 aliphatic rings. The second-order valence-electron chi connectivity index (χ2n) is 6.33. The lowest BCUT2D eigenvalue weighted by Crippen LogP contribution is -2.28. The van der Waals surface area contributed by atoms with Crippen LogP contribution in [0.4, 0.5) is 0 Å². The largest absolute Gasteiger partial charge is 0.490 e. The number of aromatic nitrogens is 6. The standard InChI is InChI=1S/C21H19N7O2/c1-15-18(20(29)24-10-11-30-17-5-3-8-23-13-17)14-26-28(15)21-25-9-6-19(27-21)16-4-2-7-22-12-16/h2-9,12-14H,10-11H2,1H3,(H,24,29). The average Bonchev–Trinajstić information content (AvgIpc) is 3.19. The Balaban J connectivity index is 1.43. The molecule has 30 heavy (non-hydrogen) atoms. The van der Waals surface area contributed by atoms with Crippen LogP contribution in [0.5, 0.6) is 5.75 Å². The maximum atomic E-state index is 12.5. The molecular formula is C21H19N7O2. The van der Waals surface area contributed by atoms with Gasteiger partial charge in [0.25, 0.3) is 11.9 Å². The third-order valence-electron chi connectivity index (χ3n) is 4.33. The molecule has 4 rings (SSSR count). The van der Waals surface area contributed by atoms with Crippen molar-refractivity contribution in [1.29, 1.82) is 0 Å². The van der Waals surface area contributed by atoms with Gasteiger partial charge in [-0.05, 0) is 37.3 Å². The zero-order valence-corrected chi connectivity index (χ0v) is 16.3. The summed E-state index contributed by atoms with van der Waals surface area (Å²) >= 11 is 0. The Labute approximate surface area is 172 Å². The van der Waals surface area contributed by atoms with Crippen LogP contribution < -0.4 is 10.1 Å². The summed E-state index contributed by atoms with van der Waals surface area (Å²) in [6, 6.07) is 9.16. The van der Waals surface area contributed by atoms with E-state index in [1.165, 1.54) is 6.20 Å². The number of nitrogens with one attached hydrogen (secondary N) is 1. The van der Waals surface area contributed by atoms with E-state index in [0.717, 1.165) is 11.3 Å². The molecule has 0 saturated heterocycles. The highest BCUT2D eigenvalue weighted by Crippen LogP contribution is 2.17. The van der Waals surface area contributed by atoms with Gasteiger partial charge in [-0.3, -0.25) is 14.8 Å².